The molecule has 3 heteroatoms. The van der Waals surface area contributed by atoms with E-state index in [1.807, 2.05) is 12.1 Å². The summed E-state index contributed by atoms with van der Waals surface area (Å²) in [5.74, 6) is 1.26. The number of rotatable bonds is 4. The standard InChI is InChI=1S/C9H11ClOS/c1-11-7-12-9-4-2-3-8(5-9)6-10/h2-5H,6-7H2,1H3. The van der Waals surface area contributed by atoms with Gasteiger partial charge in [-0.2, -0.15) is 0 Å². The first kappa shape index (κ1) is 9.90. The van der Waals surface area contributed by atoms with Gasteiger partial charge in [0, 0.05) is 17.9 Å². The van der Waals surface area contributed by atoms with Gasteiger partial charge in [-0.1, -0.05) is 23.9 Å². The number of benzene rings is 1. The van der Waals surface area contributed by atoms with E-state index in [0.717, 1.165) is 5.56 Å². The lowest BCUT2D eigenvalue weighted by atomic mass is 10.2. The molecule has 0 radical (unpaired) electrons. The van der Waals surface area contributed by atoms with Crippen molar-refractivity contribution in [3.05, 3.63) is 29.8 Å². The normalized spacial score (nSPS) is 10.2. The van der Waals surface area contributed by atoms with E-state index in [2.05, 4.69) is 12.1 Å². The SMILES string of the molecule is COCSc1cccc(CCl)c1. The van der Waals surface area contributed by atoms with E-state index in [4.69, 9.17) is 16.3 Å². The average molecular weight is 203 g/mol. The minimum Gasteiger partial charge on any atom is -0.374 e. The molecule has 1 rings (SSSR count). The van der Waals surface area contributed by atoms with Gasteiger partial charge in [-0.05, 0) is 17.7 Å². The molecule has 1 aromatic carbocycles. The first-order chi connectivity index (χ1) is 5.86. The molecular weight excluding hydrogens is 192 g/mol. The summed E-state index contributed by atoms with van der Waals surface area (Å²) in [7, 11) is 1.69. The molecule has 0 fully saturated rings. The Balaban J connectivity index is 2.60. The van der Waals surface area contributed by atoms with Crippen LogP contribution in [-0.2, 0) is 10.6 Å². The van der Waals surface area contributed by atoms with Crippen LogP contribution >= 0.6 is 23.4 Å². The van der Waals surface area contributed by atoms with Crippen LogP contribution in [0.5, 0.6) is 0 Å². The molecular formula is C9H11ClOS. The third kappa shape index (κ3) is 3.05. The number of ether oxygens (including phenoxy) is 1. The van der Waals surface area contributed by atoms with Gasteiger partial charge in [0.15, 0.2) is 0 Å². The molecule has 0 atom stereocenters. The summed E-state index contributed by atoms with van der Waals surface area (Å²) in [6.07, 6.45) is 0. The largest absolute Gasteiger partial charge is 0.374 e. The molecule has 0 aromatic heterocycles. The van der Waals surface area contributed by atoms with Crippen molar-refractivity contribution in [2.75, 3.05) is 13.0 Å². The van der Waals surface area contributed by atoms with Gasteiger partial charge in [-0.25, -0.2) is 0 Å². The third-order valence-corrected chi connectivity index (χ3v) is 2.65. The molecule has 1 aromatic rings. The molecule has 66 valence electrons. The molecule has 0 aliphatic carbocycles. The first-order valence-electron chi connectivity index (χ1n) is 3.63. The average Bonchev–Trinajstić information content (AvgIpc) is 2.15. The lowest BCUT2D eigenvalue weighted by Crippen LogP contribution is -1.82. The molecule has 0 saturated heterocycles. The van der Waals surface area contributed by atoms with Crippen LogP contribution < -0.4 is 0 Å². The van der Waals surface area contributed by atoms with Crippen molar-refractivity contribution < 1.29 is 4.74 Å². The number of thioether (sulfide) groups is 1. The van der Waals surface area contributed by atoms with Crippen LogP contribution in [0.4, 0.5) is 0 Å². The number of methoxy groups -OCH3 is 1. The Bertz CT molecular complexity index is 240. The lowest BCUT2D eigenvalue weighted by Gasteiger charge is -2.01. The number of halogens is 1. The van der Waals surface area contributed by atoms with Crippen molar-refractivity contribution in [3.8, 4) is 0 Å². The molecule has 0 N–H and O–H groups in total. The smallest absolute Gasteiger partial charge is 0.0963 e. The van der Waals surface area contributed by atoms with Crippen molar-refractivity contribution in [3.63, 3.8) is 0 Å². The summed E-state index contributed by atoms with van der Waals surface area (Å²) >= 11 is 7.36. The minimum absolute atomic E-state index is 0.571. The summed E-state index contributed by atoms with van der Waals surface area (Å²) < 4.78 is 4.95. The van der Waals surface area contributed by atoms with Crippen LogP contribution in [0.25, 0.3) is 0 Å². The van der Waals surface area contributed by atoms with Crippen LogP contribution in [0, 0.1) is 0 Å². The Kier molecular flexibility index (Phi) is 4.51. The molecule has 0 bridgehead atoms. The van der Waals surface area contributed by atoms with E-state index in [0.29, 0.717) is 11.8 Å². The van der Waals surface area contributed by atoms with Gasteiger partial charge in [0.05, 0.1) is 5.94 Å². The minimum atomic E-state index is 0.571. The highest BCUT2D eigenvalue weighted by Gasteiger charge is 1.94. The molecule has 0 spiro atoms. The molecule has 0 saturated carbocycles. The molecule has 0 unspecified atom stereocenters. The zero-order chi connectivity index (χ0) is 8.81. The van der Waals surface area contributed by atoms with E-state index in [-0.39, 0.29) is 0 Å². The van der Waals surface area contributed by atoms with Gasteiger partial charge in [0.1, 0.15) is 0 Å². The predicted octanol–water partition coefficient (Wildman–Crippen LogP) is 3.12. The number of hydrogen-bond acceptors (Lipinski definition) is 2. The number of alkyl halides is 1. The van der Waals surface area contributed by atoms with Gasteiger partial charge < -0.3 is 4.74 Å². The molecule has 1 nitrogen and oxygen atoms in total. The van der Waals surface area contributed by atoms with Gasteiger partial charge in [0.2, 0.25) is 0 Å². The quantitative estimate of drug-likeness (QED) is 0.422. The molecule has 0 aliphatic heterocycles. The Hall–Kier alpha value is -0.180. The molecule has 0 aliphatic rings. The van der Waals surface area contributed by atoms with Crippen LogP contribution in [-0.4, -0.2) is 13.0 Å². The van der Waals surface area contributed by atoms with Crippen molar-refractivity contribution in [2.24, 2.45) is 0 Å². The lowest BCUT2D eigenvalue weighted by molar-refractivity contribution is 0.259. The summed E-state index contributed by atoms with van der Waals surface area (Å²) in [4.78, 5) is 1.20. The topological polar surface area (TPSA) is 9.23 Å². The Labute approximate surface area is 82.1 Å². The van der Waals surface area contributed by atoms with E-state index in [1.54, 1.807) is 18.9 Å². The Morgan fingerprint density at radius 2 is 2.33 bits per heavy atom. The van der Waals surface area contributed by atoms with Crippen molar-refractivity contribution >= 4 is 23.4 Å². The monoisotopic (exact) mass is 202 g/mol. The van der Waals surface area contributed by atoms with Crippen molar-refractivity contribution in [2.45, 2.75) is 10.8 Å². The van der Waals surface area contributed by atoms with E-state index in [1.165, 1.54) is 4.90 Å². The van der Waals surface area contributed by atoms with Crippen molar-refractivity contribution in [1.82, 2.24) is 0 Å². The number of hydrogen-bond donors (Lipinski definition) is 0. The maximum absolute atomic E-state index is 5.69. The summed E-state index contributed by atoms with van der Waals surface area (Å²) in [6.45, 7) is 0. The van der Waals surface area contributed by atoms with Gasteiger partial charge in [0.25, 0.3) is 0 Å². The fourth-order valence-corrected chi connectivity index (χ4v) is 1.68. The van der Waals surface area contributed by atoms with E-state index in [9.17, 15) is 0 Å². The zero-order valence-electron chi connectivity index (χ0n) is 6.92. The second-order valence-electron chi connectivity index (χ2n) is 2.33. The van der Waals surface area contributed by atoms with Crippen LogP contribution in [0.15, 0.2) is 29.2 Å². The van der Waals surface area contributed by atoms with Crippen LogP contribution in [0.2, 0.25) is 0 Å². The second kappa shape index (κ2) is 5.46. The first-order valence-corrected chi connectivity index (χ1v) is 5.15. The molecule has 0 heterocycles. The fraction of sp³-hybridized carbons (Fsp3) is 0.333. The van der Waals surface area contributed by atoms with Gasteiger partial charge in [-0.15, -0.1) is 11.6 Å². The van der Waals surface area contributed by atoms with Crippen molar-refractivity contribution in [1.29, 1.82) is 0 Å². The predicted molar refractivity (Wildman–Crippen MR) is 53.7 cm³/mol. The third-order valence-electron chi connectivity index (χ3n) is 1.40. The fourth-order valence-electron chi connectivity index (χ4n) is 0.845. The van der Waals surface area contributed by atoms with Crippen LogP contribution in [0.1, 0.15) is 5.56 Å². The van der Waals surface area contributed by atoms with Crippen LogP contribution in [0.3, 0.4) is 0 Å². The highest BCUT2D eigenvalue weighted by Crippen LogP contribution is 2.19. The van der Waals surface area contributed by atoms with E-state index < -0.39 is 0 Å². The summed E-state index contributed by atoms with van der Waals surface area (Å²) in [5.41, 5.74) is 1.15. The summed E-state index contributed by atoms with van der Waals surface area (Å²) in [6, 6.07) is 8.16. The maximum atomic E-state index is 5.69. The van der Waals surface area contributed by atoms with Gasteiger partial charge >= 0.3 is 0 Å². The molecule has 12 heavy (non-hydrogen) atoms. The Morgan fingerprint density at radius 1 is 1.50 bits per heavy atom. The van der Waals surface area contributed by atoms with Gasteiger partial charge in [-0.3, -0.25) is 0 Å². The highest BCUT2D eigenvalue weighted by molar-refractivity contribution is 7.99. The Morgan fingerprint density at radius 3 is 3.00 bits per heavy atom. The second-order valence-corrected chi connectivity index (χ2v) is 3.59. The van der Waals surface area contributed by atoms with E-state index >= 15 is 0 Å². The zero-order valence-corrected chi connectivity index (χ0v) is 8.49. The highest BCUT2D eigenvalue weighted by atomic mass is 35.5. The molecule has 0 amide bonds. The maximum Gasteiger partial charge on any atom is 0.0963 e. The summed E-state index contributed by atoms with van der Waals surface area (Å²) in [5, 5.41) is 0.